The van der Waals surface area contributed by atoms with Gasteiger partial charge in [-0.1, -0.05) is 0 Å². The summed E-state index contributed by atoms with van der Waals surface area (Å²) in [6, 6.07) is 2.68. The number of hydrogen-bond donors (Lipinski definition) is 2. The van der Waals surface area contributed by atoms with E-state index in [2.05, 4.69) is 0 Å². The molecule has 1 fully saturated rings. The average molecular weight is 368 g/mol. The second kappa shape index (κ2) is 6.28. The van der Waals surface area contributed by atoms with Crippen molar-refractivity contribution in [3.63, 3.8) is 0 Å². The van der Waals surface area contributed by atoms with Crippen LogP contribution >= 0.6 is 0 Å². The van der Waals surface area contributed by atoms with Gasteiger partial charge in [-0.2, -0.15) is 0 Å². The summed E-state index contributed by atoms with van der Waals surface area (Å²) in [5.41, 5.74) is 0.650. The second-order valence-corrected chi connectivity index (χ2v) is 8.82. The molecule has 3 rings (SSSR count). The molecule has 1 aliphatic heterocycles. The number of nitrogens with zero attached hydrogens (tertiary/aromatic N) is 2. The normalized spacial score (nSPS) is 18.5. The highest BCUT2D eigenvalue weighted by Crippen LogP contribution is 2.40. The van der Waals surface area contributed by atoms with Crippen LogP contribution in [-0.2, 0) is 16.6 Å². The van der Waals surface area contributed by atoms with Crippen molar-refractivity contribution in [2.75, 3.05) is 14.1 Å². The van der Waals surface area contributed by atoms with E-state index in [9.17, 15) is 13.2 Å². The van der Waals surface area contributed by atoms with Crippen molar-refractivity contribution in [1.29, 1.82) is 0 Å². The molecular weight excluding hydrogens is 347 g/mol. The van der Waals surface area contributed by atoms with E-state index in [0.29, 0.717) is 11.5 Å². The molecule has 0 spiro atoms. The van der Waals surface area contributed by atoms with Crippen LogP contribution in [0.4, 0.5) is 0 Å². The highest BCUT2D eigenvalue weighted by Gasteiger charge is 2.41. The molecule has 0 aromatic heterocycles. The lowest BCUT2D eigenvalue weighted by molar-refractivity contribution is 0.0694. The third kappa shape index (κ3) is 3.26. The zero-order chi connectivity index (χ0) is 18.5. The molecule has 1 aromatic carbocycles. The molecule has 1 aromatic rings. The Bertz CT molecular complexity index is 806. The first kappa shape index (κ1) is 18.2. The van der Waals surface area contributed by atoms with Crippen molar-refractivity contribution >= 4 is 23.3 Å². The van der Waals surface area contributed by atoms with E-state index in [1.807, 2.05) is 6.92 Å². The fourth-order valence-corrected chi connectivity index (χ4v) is 4.30. The summed E-state index contributed by atoms with van der Waals surface area (Å²) < 4.78 is 31.2. The third-order valence-electron chi connectivity index (χ3n) is 4.77. The van der Waals surface area contributed by atoms with E-state index < -0.39 is 17.3 Å². The molecule has 0 saturated heterocycles. The summed E-state index contributed by atoms with van der Waals surface area (Å²) in [5.74, 6) is 0.121. The summed E-state index contributed by atoms with van der Waals surface area (Å²) in [5, 5.41) is 18.1. The van der Waals surface area contributed by atoms with Gasteiger partial charge in [0.25, 0.3) is 5.91 Å². The number of rotatable bonds is 6. The van der Waals surface area contributed by atoms with Crippen LogP contribution in [0, 0.1) is 5.92 Å². The van der Waals surface area contributed by atoms with E-state index >= 15 is 0 Å². The Labute approximate surface area is 147 Å². The Balaban J connectivity index is 2.10. The zero-order valence-electron chi connectivity index (χ0n) is 14.3. The Hall–Kier alpha value is -1.62. The van der Waals surface area contributed by atoms with Crippen molar-refractivity contribution in [1.82, 2.24) is 9.21 Å². The first-order chi connectivity index (χ1) is 11.6. The third-order valence-corrected chi connectivity index (χ3v) is 6.61. The maximum absolute atomic E-state index is 12.9. The van der Waals surface area contributed by atoms with Crippen LogP contribution in [0.25, 0.3) is 0 Å². The Morgan fingerprint density at radius 3 is 2.48 bits per heavy atom. The number of amides is 1. The molecule has 0 bridgehead atoms. The average Bonchev–Trinajstić information content (AvgIpc) is 3.30. The quantitative estimate of drug-likeness (QED) is 0.687. The monoisotopic (exact) mass is 368 g/mol. The van der Waals surface area contributed by atoms with Gasteiger partial charge in [0.05, 0.1) is 10.5 Å². The molecule has 0 unspecified atom stereocenters. The van der Waals surface area contributed by atoms with Crippen molar-refractivity contribution in [3.05, 3.63) is 23.3 Å². The van der Waals surface area contributed by atoms with E-state index in [-0.39, 0.29) is 34.7 Å². The number of carbonyl (C=O) groups is 1. The van der Waals surface area contributed by atoms with E-state index in [4.69, 9.17) is 14.7 Å². The van der Waals surface area contributed by atoms with Crippen LogP contribution in [0.15, 0.2) is 17.0 Å². The lowest BCUT2D eigenvalue weighted by Crippen LogP contribution is -2.35. The van der Waals surface area contributed by atoms with Crippen LogP contribution in [-0.4, -0.2) is 61.0 Å². The summed E-state index contributed by atoms with van der Waals surface area (Å²) in [7, 11) is -3.23. The first-order valence-corrected chi connectivity index (χ1v) is 9.50. The molecule has 1 amide bonds. The van der Waals surface area contributed by atoms with Gasteiger partial charge >= 0.3 is 7.32 Å². The van der Waals surface area contributed by atoms with E-state index in [1.54, 1.807) is 4.90 Å². The maximum atomic E-state index is 12.9. The van der Waals surface area contributed by atoms with Crippen LogP contribution in [0.1, 0.15) is 35.7 Å². The van der Waals surface area contributed by atoms with Crippen LogP contribution in [0.5, 0.6) is 5.75 Å². The molecule has 10 heteroatoms. The number of sulfonamides is 1. The highest BCUT2D eigenvalue weighted by molar-refractivity contribution is 7.89. The SMILES string of the molecule is C[C@@H](C1CC1)N1Cc2cc(OB(O)O)cc(S(=O)(=O)N(C)C)c2C1=O. The number of benzene rings is 1. The molecule has 1 atom stereocenters. The second-order valence-electron chi connectivity index (χ2n) is 6.70. The maximum Gasteiger partial charge on any atom is 0.707 e. The van der Waals surface area contributed by atoms with Gasteiger partial charge in [-0.25, -0.2) is 12.7 Å². The van der Waals surface area contributed by atoms with Gasteiger partial charge in [-0.05, 0) is 43.4 Å². The molecule has 1 aliphatic carbocycles. The minimum atomic E-state index is -3.90. The number of carbonyl (C=O) groups excluding carboxylic acids is 1. The molecule has 1 saturated carbocycles. The van der Waals surface area contributed by atoms with E-state index in [1.165, 1.54) is 20.2 Å². The lowest BCUT2D eigenvalue weighted by Gasteiger charge is -2.24. The van der Waals surface area contributed by atoms with Gasteiger partial charge in [0, 0.05) is 26.7 Å². The number of hydrogen-bond acceptors (Lipinski definition) is 6. The topological polar surface area (TPSA) is 107 Å². The Morgan fingerprint density at radius 1 is 1.32 bits per heavy atom. The van der Waals surface area contributed by atoms with Crippen LogP contribution < -0.4 is 4.65 Å². The Morgan fingerprint density at radius 2 is 1.96 bits per heavy atom. The van der Waals surface area contributed by atoms with Crippen molar-refractivity contribution < 1.29 is 27.9 Å². The van der Waals surface area contributed by atoms with Gasteiger partial charge in [-0.15, -0.1) is 0 Å². The van der Waals surface area contributed by atoms with Gasteiger partial charge in [-0.3, -0.25) is 4.79 Å². The fraction of sp³-hybridized carbons (Fsp3) is 0.533. The van der Waals surface area contributed by atoms with E-state index in [0.717, 1.165) is 23.2 Å². The zero-order valence-corrected chi connectivity index (χ0v) is 15.2. The minimum absolute atomic E-state index is 0.0112. The fourth-order valence-electron chi connectivity index (χ4n) is 3.16. The summed E-state index contributed by atoms with van der Waals surface area (Å²) in [4.78, 5) is 14.4. The van der Waals surface area contributed by atoms with Crippen LogP contribution in [0.2, 0.25) is 0 Å². The van der Waals surface area contributed by atoms with Crippen LogP contribution in [0.3, 0.4) is 0 Å². The molecular formula is C15H21BN2O6S. The first-order valence-electron chi connectivity index (χ1n) is 8.06. The van der Waals surface area contributed by atoms with Crippen molar-refractivity contribution in [3.8, 4) is 5.75 Å². The summed E-state index contributed by atoms with van der Waals surface area (Å²) in [6.45, 7) is 2.25. The van der Waals surface area contributed by atoms with Crippen molar-refractivity contribution in [2.24, 2.45) is 5.92 Å². The molecule has 2 aliphatic rings. The molecule has 25 heavy (non-hydrogen) atoms. The van der Waals surface area contributed by atoms with Gasteiger partial charge in [0.1, 0.15) is 5.75 Å². The highest BCUT2D eigenvalue weighted by atomic mass is 32.2. The lowest BCUT2D eigenvalue weighted by atomic mass is 10.1. The Kier molecular flexibility index (Phi) is 4.57. The molecule has 8 nitrogen and oxygen atoms in total. The van der Waals surface area contributed by atoms with Gasteiger partial charge in [0.15, 0.2) is 0 Å². The largest absolute Gasteiger partial charge is 0.707 e. The van der Waals surface area contributed by atoms with Gasteiger partial charge in [0.2, 0.25) is 10.0 Å². The predicted molar refractivity (Wildman–Crippen MR) is 90.2 cm³/mol. The predicted octanol–water partition coefficient (Wildman–Crippen LogP) is 0.0395. The summed E-state index contributed by atoms with van der Waals surface area (Å²) in [6.07, 6.45) is 2.13. The van der Waals surface area contributed by atoms with Gasteiger partial charge < -0.3 is 19.6 Å². The molecule has 136 valence electrons. The standard InChI is InChI=1S/C15H21BN2O6S/c1-9(10-4-5-10)18-8-11-6-12(24-16(20)21)7-13(14(11)15(18)19)25(22,23)17(2)3/h6-7,9-10,20-21H,4-5,8H2,1-3H3/t9-/m0/s1. The summed E-state index contributed by atoms with van der Waals surface area (Å²) >= 11 is 0. The van der Waals surface area contributed by atoms with Crippen molar-refractivity contribution in [2.45, 2.75) is 37.2 Å². The molecule has 2 N–H and O–H groups in total. The minimum Gasteiger partial charge on any atom is -0.512 e. The molecule has 0 radical (unpaired) electrons. The molecule has 1 heterocycles. The number of fused-ring (bicyclic) bond motifs is 1. The smallest absolute Gasteiger partial charge is 0.512 e.